The molecular formula is C14H18ClF3N2S. The number of nitrogens with zero attached hydrogens (tertiary/aromatic N) is 1. The van der Waals surface area contributed by atoms with Crippen molar-refractivity contribution in [3.05, 3.63) is 42.5 Å². The van der Waals surface area contributed by atoms with Gasteiger partial charge in [0.15, 0.2) is 0 Å². The van der Waals surface area contributed by atoms with Crippen molar-refractivity contribution < 1.29 is 13.2 Å². The summed E-state index contributed by atoms with van der Waals surface area (Å²) in [6.07, 6.45) is 1.72. The molecule has 0 spiro atoms. The number of thioether (sulfide) groups is 1. The van der Waals surface area contributed by atoms with Crippen molar-refractivity contribution in [2.24, 2.45) is 0 Å². The third-order valence-electron chi connectivity index (χ3n) is 3.23. The predicted octanol–water partition coefficient (Wildman–Crippen LogP) is 3.85. The minimum absolute atomic E-state index is 0. The van der Waals surface area contributed by atoms with Gasteiger partial charge in [-0.15, -0.1) is 19.0 Å². The van der Waals surface area contributed by atoms with Crippen LogP contribution in [0.3, 0.4) is 0 Å². The van der Waals surface area contributed by atoms with Gasteiger partial charge >= 0.3 is 5.51 Å². The summed E-state index contributed by atoms with van der Waals surface area (Å²) in [6.45, 7) is 7.10. The fourth-order valence-corrected chi connectivity index (χ4v) is 3.08. The highest BCUT2D eigenvalue weighted by molar-refractivity contribution is 8.00. The van der Waals surface area contributed by atoms with Gasteiger partial charge in [-0.3, -0.25) is 4.90 Å². The first-order valence-corrected chi connectivity index (χ1v) is 7.25. The van der Waals surface area contributed by atoms with Crippen molar-refractivity contribution in [3.63, 3.8) is 0 Å². The maximum atomic E-state index is 12.6. The molecule has 0 saturated carbocycles. The molecule has 1 aromatic carbocycles. The van der Waals surface area contributed by atoms with Crippen LogP contribution in [-0.4, -0.2) is 36.6 Å². The average molecular weight is 339 g/mol. The van der Waals surface area contributed by atoms with E-state index in [4.69, 9.17) is 0 Å². The first-order chi connectivity index (χ1) is 9.51. The Morgan fingerprint density at radius 1 is 1.24 bits per heavy atom. The minimum Gasteiger partial charge on any atom is -0.314 e. The van der Waals surface area contributed by atoms with E-state index >= 15 is 0 Å². The fourth-order valence-electron chi connectivity index (χ4n) is 2.38. The first kappa shape index (κ1) is 18.4. The van der Waals surface area contributed by atoms with Crippen LogP contribution < -0.4 is 5.32 Å². The Morgan fingerprint density at radius 2 is 1.86 bits per heavy atom. The maximum Gasteiger partial charge on any atom is 0.446 e. The second-order valence-corrected chi connectivity index (χ2v) is 5.66. The molecule has 2 rings (SSSR count). The Morgan fingerprint density at radius 3 is 2.43 bits per heavy atom. The van der Waals surface area contributed by atoms with Gasteiger partial charge in [0.05, 0.1) is 6.04 Å². The van der Waals surface area contributed by atoms with E-state index < -0.39 is 5.51 Å². The molecule has 21 heavy (non-hydrogen) atoms. The van der Waals surface area contributed by atoms with E-state index in [-0.39, 0.29) is 35.1 Å². The number of piperazine rings is 1. The van der Waals surface area contributed by atoms with E-state index in [9.17, 15) is 13.2 Å². The smallest absolute Gasteiger partial charge is 0.314 e. The van der Waals surface area contributed by atoms with E-state index in [1.807, 2.05) is 0 Å². The molecule has 1 aromatic rings. The lowest BCUT2D eigenvalue weighted by molar-refractivity contribution is -0.0328. The van der Waals surface area contributed by atoms with Crippen molar-refractivity contribution in [2.45, 2.75) is 16.4 Å². The molecule has 1 heterocycles. The normalized spacial score (nSPS) is 17.9. The molecule has 1 N–H and O–H groups in total. The van der Waals surface area contributed by atoms with Crippen LogP contribution in [0.5, 0.6) is 0 Å². The third-order valence-corrected chi connectivity index (χ3v) is 4.05. The highest BCUT2D eigenvalue weighted by Gasteiger charge is 2.32. The van der Waals surface area contributed by atoms with Gasteiger partial charge in [0.1, 0.15) is 0 Å². The molecular weight excluding hydrogens is 321 g/mol. The van der Waals surface area contributed by atoms with Gasteiger partial charge in [0.2, 0.25) is 0 Å². The Bertz CT molecular complexity index is 462. The minimum atomic E-state index is -4.27. The first-order valence-electron chi connectivity index (χ1n) is 6.43. The molecule has 1 fully saturated rings. The molecule has 0 amide bonds. The molecule has 0 unspecified atom stereocenters. The maximum absolute atomic E-state index is 12.6. The van der Waals surface area contributed by atoms with Crippen LogP contribution in [0.1, 0.15) is 11.6 Å². The van der Waals surface area contributed by atoms with Crippen LogP contribution in [0.15, 0.2) is 41.8 Å². The van der Waals surface area contributed by atoms with Crippen molar-refractivity contribution >= 4 is 24.2 Å². The molecule has 1 atom stereocenters. The van der Waals surface area contributed by atoms with E-state index in [0.29, 0.717) is 5.56 Å². The lowest BCUT2D eigenvalue weighted by atomic mass is 10.0. The second kappa shape index (κ2) is 8.08. The van der Waals surface area contributed by atoms with E-state index in [1.165, 1.54) is 6.07 Å². The van der Waals surface area contributed by atoms with Gasteiger partial charge < -0.3 is 5.32 Å². The van der Waals surface area contributed by atoms with Crippen LogP contribution in [0.4, 0.5) is 13.2 Å². The summed E-state index contributed by atoms with van der Waals surface area (Å²) in [7, 11) is 0. The molecule has 0 radical (unpaired) electrons. The van der Waals surface area contributed by atoms with E-state index in [0.717, 1.165) is 26.2 Å². The summed E-state index contributed by atoms with van der Waals surface area (Å²) in [6, 6.07) is 6.50. The molecule has 1 aliphatic rings. The molecule has 7 heteroatoms. The summed E-state index contributed by atoms with van der Waals surface area (Å²) in [4.78, 5) is 2.41. The van der Waals surface area contributed by atoms with Gasteiger partial charge in [-0.1, -0.05) is 24.3 Å². The van der Waals surface area contributed by atoms with Crippen molar-refractivity contribution in [3.8, 4) is 0 Å². The molecule has 0 bridgehead atoms. The fraction of sp³-hybridized carbons (Fsp3) is 0.429. The van der Waals surface area contributed by atoms with Gasteiger partial charge in [0, 0.05) is 31.1 Å². The van der Waals surface area contributed by atoms with E-state index in [2.05, 4.69) is 16.8 Å². The van der Waals surface area contributed by atoms with Crippen LogP contribution in [0.2, 0.25) is 0 Å². The number of rotatable bonds is 4. The van der Waals surface area contributed by atoms with Crippen LogP contribution in [0.25, 0.3) is 0 Å². The molecule has 1 saturated heterocycles. The number of hydrogen-bond donors (Lipinski definition) is 1. The highest BCUT2D eigenvalue weighted by Crippen LogP contribution is 2.41. The number of nitrogens with one attached hydrogen (secondary N) is 1. The zero-order valence-electron chi connectivity index (χ0n) is 11.4. The Labute approximate surface area is 133 Å². The predicted molar refractivity (Wildman–Crippen MR) is 83.0 cm³/mol. The quantitative estimate of drug-likeness (QED) is 0.663. The lowest BCUT2D eigenvalue weighted by Crippen LogP contribution is -2.44. The third kappa shape index (κ3) is 5.21. The zero-order valence-corrected chi connectivity index (χ0v) is 13.0. The van der Waals surface area contributed by atoms with Crippen molar-refractivity contribution in [2.75, 3.05) is 26.2 Å². The highest BCUT2D eigenvalue weighted by atomic mass is 35.5. The monoisotopic (exact) mass is 338 g/mol. The summed E-state index contributed by atoms with van der Waals surface area (Å²) in [5.74, 6) is 0. The van der Waals surface area contributed by atoms with Crippen molar-refractivity contribution in [1.82, 2.24) is 10.2 Å². The topological polar surface area (TPSA) is 15.3 Å². The Kier molecular flexibility index (Phi) is 7.06. The van der Waals surface area contributed by atoms with Gasteiger partial charge in [-0.2, -0.15) is 13.2 Å². The number of hydrogen-bond acceptors (Lipinski definition) is 3. The van der Waals surface area contributed by atoms with Gasteiger partial charge in [-0.25, -0.2) is 0 Å². The molecule has 1 aliphatic heterocycles. The van der Waals surface area contributed by atoms with Crippen molar-refractivity contribution in [1.29, 1.82) is 0 Å². The Hall–Kier alpha value is -0.690. The molecule has 118 valence electrons. The largest absolute Gasteiger partial charge is 0.446 e. The molecule has 0 aromatic heterocycles. The zero-order chi connectivity index (χ0) is 14.6. The molecule has 2 nitrogen and oxygen atoms in total. The SMILES string of the molecule is C=C[C@@H](c1ccccc1SC(F)(F)F)N1CCNCC1.Cl. The summed E-state index contributed by atoms with van der Waals surface area (Å²) in [5.41, 5.74) is -3.60. The van der Waals surface area contributed by atoms with Gasteiger partial charge in [0.25, 0.3) is 0 Å². The number of halogens is 4. The standard InChI is InChI=1S/C14H17F3N2S.ClH/c1-2-12(19-9-7-18-8-10-19)11-5-3-4-6-13(11)20-14(15,16)17;/h2-6,12,18H,1,7-10H2;1H/t12-;/m0./s1. The summed E-state index contributed by atoms with van der Waals surface area (Å²) < 4.78 is 37.9. The lowest BCUT2D eigenvalue weighted by Gasteiger charge is -2.34. The van der Waals surface area contributed by atoms with Crippen LogP contribution in [0, 0.1) is 0 Å². The average Bonchev–Trinajstić information content (AvgIpc) is 2.41. The summed E-state index contributed by atoms with van der Waals surface area (Å²) in [5, 5.41) is 3.24. The number of alkyl halides is 3. The Balaban J connectivity index is 0.00000220. The van der Waals surface area contributed by atoms with E-state index in [1.54, 1.807) is 24.3 Å². The van der Waals surface area contributed by atoms with Crippen LogP contribution in [-0.2, 0) is 0 Å². The molecule has 0 aliphatic carbocycles. The van der Waals surface area contributed by atoms with Gasteiger partial charge in [-0.05, 0) is 23.4 Å². The van der Waals surface area contributed by atoms with Crippen LogP contribution >= 0.6 is 24.2 Å². The summed E-state index contributed by atoms with van der Waals surface area (Å²) >= 11 is -0.0550. The number of benzene rings is 1. The second-order valence-electron chi connectivity index (χ2n) is 4.55.